The van der Waals surface area contributed by atoms with E-state index in [-0.39, 0.29) is 23.7 Å². The summed E-state index contributed by atoms with van der Waals surface area (Å²) in [6.07, 6.45) is -1.49. The van der Waals surface area contributed by atoms with Crippen LogP contribution in [0.5, 0.6) is 0 Å². The molecule has 1 amide bonds. The van der Waals surface area contributed by atoms with Gasteiger partial charge in [0, 0.05) is 19.3 Å². The first-order chi connectivity index (χ1) is 9.52. The molecule has 6 nitrogen and oxygen atoms in total. The Balaban J connectivity index is 2.22. The highest BCUT2D eigenvalue weighted by atomic mass is 19.3. The Morgan fingerprint density at radius 3 is 2.85 bits per heavy atom. The van der Waals surface area contributed by atoms with Crippen molar-refractivity contribution in [2.24, 2.45) is 5.92 Å². The lowest BCUT2D eigenvalue weighted by Gasteiger charge is -2.09. The molecule has 0 saturated carbocycles. The van der Waals surface area contributed by atoms with Crippen molar-refractivity contribution in [3.63, 3.8) is 0 Å². The van der Waals surface area contributed by atoms with E-state index >= 15 is 0 Å². The van der Waals surface area contributed by atoms with Gasteiger partial charge in [-0.15, -0.1) is 10.2 Å². The zero-order chi connectivity index (χ0) is 14.7. The first-order valence-electron chi connectivity index (χ1n) is 6.04. The molecule has 20 heavy (non-hydrogen) atoms. The van der Waals surface area contributed by atoms with Crippen LogP contribution in [0.4, 0.5) is 8.78 Å². The highest BCUT2D eigenvalue weighted by molar-refractivity contribution is 5.94. The lowest BCUT2D eigenvalue weighted by atomic mass is 10.2. The second-order valence-electron chi connectivity index (χ2n) is 4.50. The van der Waals surface area contributed by atoms with Gasteiger partial charge in [0.15, 0.2) is 5.65 Å². The number of fused-ring (bicyclic) bond motifs is 1. The molecule has 0 aliphatic rings. The molecule has 1 unspecified atom stereocenters. The van der Waals surface area contributed by atoms with Gasteiger partial charge in [-0.05, 0) is 18.1 Å². The number of aromatic nitrogens is 3. The van der Waals surface area contributed by atoms with Gasteiger partial charge in [0.25, 0.3) is 12.3 Å². The van der Waals surface area contributed by atoms with E-state index < -0.39 is 18.2 Å². The van der Waals surface area contributed by atoms with Crippen LogP contribution in [0.1, 0.15) is 29.5 Å². The topological polar surface area (TPSA) is 79.5 Å². The standard InChI is InChI=1S/C12H14F2N4O2/c1-7(6-19)4-15-12(20)8-2-3-9-16-17-11(10(13)14)18(9)5-8/h2-3,5,7,10,19H,4,6H2,1H3,(H,15,20). The maximum atomic E-state index is 12.7. The summed E-state index contributed by atoms with van der Waals surface area (Å²) in [5.41, 5.74) is 0.477. The molecule has 1 atom stereocenters. The van der Waals surface area contributed by atoms with Gasteiger partial charge >= 0.3 is 0 Å². The van der Waals surface area contributed by atoms with Crippen LogP contribution in [0.25, 0.3) is 5.65 Å². The number of aliphatic hydroxyl groups is 1. The molecule has 2 heterocycles. The van der Waals surface area contributed by atoms with Gasteiger partial charge in [0.1, 0.15) is 0 Å². The highest BCUT2D eigenvalue weighted by Crippen LogP contribution is 2.17. The number of carbonyl (C=O) groups excluding carboxylic acids is 1. The molecule has 108 valence electrons. The summed E-state index contributed by atoms with van der Waals surface area (Å²) in [6.45, 7) is 2.04. The van der Waals surface area contributed by atoms with Crippen LogP contribution >= 0.6 is 0 Å². The SMILES string of the molecule is CC(CO)CNC(=O)c1ccc2nnc(C(F)F)n2c1. The average molecular weight is 284 g/mol. The largest absolute Gasteiger partial charge is 0.396 e. The van der Waals surface area contributed by atoms with Gasteiger partial charge in [-0.25, -0.2) is 8.78 Å². The third-order valence-electron chi connectivity index (χ3n) is 2.81. The Hall–Kier alpha value is -2.09. The third-order valence-corrected chi connectivity index (χ3v) is 2.81. The summed E-state index contributed by atoms with van der Waals surface area (Å²) in [7, 11) is 0. The Kier molecular flexibility index (Phi) is 4.23. The summed E-state index contributed by atoms with van der Waals surface area (Å²) in [5.74, 6) is -0.978. The molecule has 2 rings (SSSR count). The number of amides is 1. The molecule has 0 aliphatic carbocycles. The fourth-order valence-electron chi connectivity index (χ4n) is 1.63. The Morgan fingerprint density at radius 2 is 2.20 bits per heavy atom. The Labute approximate surface area is 113 Å². The normalized spacial score (nSPS) is 12.8. The van der Waals surface area contributed by atoms with Crippen LogP contribution < -0.4 is 5.32 Å². The van der Waals surface area contributed by atoms with Gasteiger partial charge in [0.05, 0.1) is 5.56 Å². The lowest BCUT2D eigenvalue weighted by Crippen LogP contribution is -2.29. The predicted molar refractivity (Wildman–Crippen MR) is 66.5 cm³/mol. The summed E-state index contributed by atoms with van der Waals surface area (Å²) >= 11 is 0. The van der Waals surface area contributed by atoms with Crippen molar-refractivity contribution in [3.8, 4) is 0 Å². The molecule has 8 heteroatoms. The molecule has 0 fully saturated rings. The van der Waals surface area contributed by atoms with E-state index in [2.05, 4.69) is 15.5 Å². The number of nitrogens with zero attached hydrogens (tertiary/aromatic N) is 3. The number of rotatable bonds is 5. The van der Waals surface area contributed by atoms with Crippen molar-refractivity contribution in [1.29, 1.82) is 0 Å². The van der Waals surface area contributed by atoms with E-state index in [0.717, 1.165) is 4.40 Å². The second-order valence-corrected chi connectivity index (χ2v) is 4.50. The molecule has 0 saturated heterocycles. The first-order valence-corrected chi connectivity index (χ1v) is 6.04. The zero-order valence-electron chi connectivity index (χ0n) is 10.8. The molecule has 0 aliphatic heterocycles. The minimum atomic E-state index is -2.77. The van der Waals surface area contributed by atoms with E-state index in [1.807, 2.05) is 0 Å². The van der Waals surface area contributed by atoms with Crippen LogP contribution in [-0.2, 0) is 0 Å². The molecular formula is C12H14F2N4O2. The van der Waals surface area contributed by atoms with Crippen LogP contribution in [0.15, 0.2) is 18.3 Å². The van der Waals surface area contributed by atoms with Crippen LogP contribution in [-0.4, -0.2) is 38.8 Å². The molecule has 0 spiro atoms. The number of hydrogen-bond donors (Lipinski definition) is 2. The van der Waals surface area contributed by atoms with E-state index in [1.165, 1.54) is 18.3 Å². The maximum Gasteiger partial charge on any atom is 0.297 e. The van der Waals surface area contributed by atoms with Crippen molar-refractivity contribution in [1.82, 2.24) is 19.9 Å². The molecule has 0 radical (unpaired) electrons. The Bertz CT molecular complexity index is 615. The van der Waals surface area contributed by atoms with Crippen molar-refractivity contribution in [2.75, 3.05) is 13.2 Å². The zero-order valence-corrected chi connectivity index (χ0v) is 10.8. The fourth-order valence-corrected chi connectivity index (χ4v) is 1.63. The summed E-state index contributed by atoms with van der Waals surface area (Å²) in [4.78, 5) is 11.9. The van der Waals surface area contributed by atoms with Gasteiger partial charge in [0.2, 0.25) is 5.82 Å². The third kappa shape index (κ3) is 2.90. The average Bonchev–Trinajstić information content (AvgIpc) is 2.87. The molecule has 2 aromatic heterocycles. The number of aliphatic hydroxyl groups excluding tert-OH is 1. The number of alkyl halides is 2. The fraction of sp³-hybridized carbons (Fsp3) is 0.417. The minimum Gasteiger partial charge on any atom is -0.396 e. The molecule has 0 bridgehead atoms. The second kappa shape index (κ2) is 5.91. The van der Waals surface area contributed by atoms with Crippen molar-refractivity contribution < 1.29 is 18.7 Å². The molecule has 0 aromatic carbocycles. The molecule has 2 aromatic rings. The van der Waals surface area contributed by atoms with Gasteiger partial charge < -0.3 is 10.4 Å². The first kappa shape index (κ1) is 14.3. The van der Waals surface area contributed by atoms with Crippen molar-refractivity contribution in [3.05, 3.63) is 29.7 Å². The van der Waals surface area contributed by atoms with Gasteiger partial charge in [-0.1, -0.05) is 6.92 Å². The van der Waals surface area contributed by atoms with E-state index in [0.29, 0.717) is 6.54 Å². The summed E-state index contributed by atoms with van der Waals surface area (Å²) in [5, 5.41) is 18.5. The quantitative estimate of drug-likeness (QED) is 0.859. The maximum absolute atomic E-state index is 12.7. The van der Waals surface area contributed by atoms with Crippen LogP contribution in [0.2, 0.25) is 0 Å². The summed E-state index contributed by atoms with van der Waals surface area (Å²) in [6, 6.07) is 2.93. The molecule has 2 N–H and O–H groups in total. The van der Waals surface area contributed by atoms with Gasteiger partial charge in [-0.2, -0.15) is 0 Å². The van der Waals surface area contributed by atoms with Gasteiger partial charge in [-0.3, -0.25) is 9.20 Å². The van der Waals surface area contributed by atoms with Crippen molar-refractivity contribution in [2.45, 2.75) is 13.3 Å². The summed E-state index contributed by atoms with van der Waals surface area (Å²) < 4.78 is 26.5. The smallest absolute Gasteiger partial charge is 0.297 e. The van der Waals surface area contributed by atoms with Crippen molar-refractivity contribution >= 4 is 11.6 Å². The number of halogens is 2. The minimum absolute atomic E-state index is 0.0414. The Morgan fingerprint density at radius 1 is 1.45 bits per heavy atom. The number of hydrogen-bond acceptors (Lipinski definition) is 4. The molecular weight excluding hydrogens is 270 g/mol. The van der Waals surface area contributed by atoms with E-state index in [9.17, 15) is 13.6 Å². The number of pyridine rings is 1. The lowest BCUT2D eigenvalue weighted by molar-refractivity contribution is 0.0941. The number of nitrogens with one attached hydrogen (secondary N) is 1. The number of carbonyl (C=O) groups is 1. The van der Waals surface area contributed by atoms with Crippen LogP contribution in [0, 0.1) is 5.92 Å². The van der Waals surface area contributed by atoms with E-state index in [1.54, 1.807) is 6.92 Å². The monoisotopic (exact) mass is 284 g/mol. The van der Waals surface area contributed by atoms with Crippen LogP contribution in [0.3, 0.4) is 0 Å². The van der Waals surface area contributed by atoms with E-state index in [4.69, 9.17) is 5.11 Å². The predicted octanol–water partition coefficient (Wildman–Crippen LogP) is 1.03. The highest BCUT2D eigenvalue weighted by Gasteiger charge is 2.17.